The minimum Gasteiger partial charge on any atom is -0.456 e. The lowest BCUT2D eigenvalue weighted by molar-refractivity contribution is 0.445. The first-order chi connectivity index (χ1) is 27.3. The number of hydrogen-bond donors (Lipinski definition) is 0. The molecule has 264 valence electrons. The lowest BCUT2D eigenvalue weighted by atomic mass is 9.80. The van der Waals surface area contributed by atoms with E-state index >= 15 is 0 Å². The molecule has 1 aliphatic rings. The maximum Gasteiger partial charge on any atom is 0.137 e. The number of para-hydroxylation sites is 2. The molecular formula is C52H39NOS. The molecule has 3 heteroatoms. The summed E-state index contributed by atoms with van der Waals surface area (Å²) in [6.07, 6.45) is 6.49. The fraction of sp³-hybridized carbons (Fsp3) is 0.115. The van der Waals surface area contributed by atoms with Crippen LogP contribution in [0.3, 0.4) is 0 Å². The molecule has 11 rings (SSSR count). The number of thiophene rings is 1. The van der Waals surface area contributed by atoms with Crippen LogP contribution in [0, 0.1) is 0 Å². The van der Waals surface area contributed by atoms with E-state index in [9.17, 15) is 0 Å². The average Bonchev–Trinajstić information content (AvgIpc) is 3.82. The third kappa shape index (κ3) is 5.45. The highest BCUT2D eigenvalue weighted by Gasteiger charge is 2.24. The molecule has 0 bridgehead atoms. The van der Waals surface area contributed by atoms with Gasteiger partial charge in [-0.05, 0) is 100 Å². The minimum atomic E-state index is 0.588. The van der Waals surface area contributed by atoms with Crippen molar-refractivity contribution in [3.8, 4) is 22.3 Å². The largest absolute Gasteiger partial charge is 0.456 e. The Morgan fingerprint density at radius 3 is 2.09 bits per heavy atom. The zero-order chi connectivity index (χ0) is 36.3. The van der Waals surface area contributed by atoms with Crippen LogP contribution in [-0.4, -0.2) is 0 Å². The number of anilines is 3. The molecule has 0 radical (unpaired) electrons. The number of nitrogens with zero attached hydrogens (tertiary/aromatic N) is 1. The first kappa shape index (κ1) is 32.3. The van der Waals surface area contributed by atoms with Crippen LogP contribution in [0.15, 0.2) is 174 Å². The molecule has 2 nitrogen and oxygen atoms in total. The van der Waals surface area contributed by atoms with E-state index in [0.29, 0.717) is 5.92 Å². The second-order valence-electron chi connectivity index (χ2n) is 15.0. The Kier molecular flexibility index (Phi) is 7.81. The van der Waals surface area contributed by atoms with Gasteiger partial charge in [-0.3, -0.25) is 0 Å². The maximum absolute atomic E-state index is 6.52. The average molecular weight is 726 g/mol. The van der Waals surface area contributed by atoms with Crippen LogP contribution in [0.5, 0.6) is 0 Å². The molecule has 1 aliphatic carbocycles. The Morgan fingerprint density at radius 2 is 1.16 bits per heavy atom. The Bertz CT molecular complexity index is 3050. The van der Waals surface area contributed by atoms with Gasteiger partial charge in [0, 0.05) is 53.9 Å². The first-order valence-electron chi connectivity index (χ1n) is 19.6. The van der Waals surface area contributed by atoms with Gasteiger partial charge in [-0.15, -0.1) is 11.3 Å². The molecule has 1 saturated carbocycles. The molecule has 0 N–H and O–H groups in total. The molecule has 10 aromatic rings. The van der Waals surface area contributed by atoms with E-state index < -0.39 is 0 Å². The number of rotatable bonds is 6. The molecule has 2 heterocycles. The summed E-state index contributed by atoms with van der Waals surface area (Å²) in [6, 6.07) is 62.5. The summed E-state index contributed by atoms with van der Waals surface area (Å²) in [5.74, 6) is 0.588. The topological polar surface area (TPSA) is 16.4 Å². The van der Waals surface area contributed by atoms with Crippen LogP contribution in [0.2, 0.25) is 0 Å². The normalized spacial score (nSPS) is 13.7. The quantitative estimate of drug-likeness (QED) is 0.170. The van der Waals surface area contributed by atoms with Gasteiger partial charge in [0.1, 0.15) is 11.2 Å². The molecule has 2 aromatic heterocycles. The minimum absolute atomic E-state index is 0.588. The van der Waals surface area contributed by atoms with E-state index in [4.69, 9.17) is 4.42 Å². The van der Waals surface area contributed by atoms with Crippen LogP contribution in [0.1, 0.15) is 43.6 Å². The van der Waals surface area contributed by atoms with Crippen LogP contribution >= 0.6 is 11.3 Å². The van der Waals surface area contributed by atoms with Gasteiger partial charge >= 0.3 is 0 Å². The summed E-state index contributed by atoms with van der Waals surface area (Å²) in [4.78, 5) is 2.44. The predicted octanol–water partition coefficient (Wildman–Crippen LogP) is 16.0. The van der Waals surface area contributed by atoms with E-state index in [-0.39, 0.29) is 0 Å². The highest BCUT2D eigenvalue weighted by atomic mass is 32.1. The monoisotopic (exact) mass is 725 g/mol. The van der Waals surface area contributed by atoms with E-state index in [1.54, 1.807) is 0 Å². The summed E-state index contributed by atoms with van der Waals surface area (Å²) in [6.45, 7) is 0. The fourth-order valence-corrected chi connectivity index (χ4v) is 10.5. The molecule has 8 aromatic carbocycles. The van der Waals surface area contributed by atoms with Crippen molar-refractivity contribution in [2.45, 2.75) is 38.0 Å². The van der Waals surface area contributed by atoms with Gasteiger partial charge in [-0.25, -0.2) is 0 Å². The van der Waals surface area contributed by atoms with Crippen LogP contribution in [0.4, 0.5) is 17.1 Å². The molecule has 1 fully saturated rings. The van der Waals surface area contributed by atoms with Crippen LogP contribution in [0.25, 0.3) is 75.1 Å². The lowest BCUT2D eigenvalue weighted by Gasteiger charge is -2.29. The lowest BCUT2D eigenvalue weighted by Crippen LogP contribution is -2.11. The first-order valence-corrected chi connectivity index (χ1v) is 20.4. The van der Waals surface area contributed by atoms with Gasteiger partial charge in [-0.2, -0.15) is 0 Å². The van der Waals surface area contributed by atoms with Crippen LogP contribution in [-0.2, 0) is 0 Å². The molecule has 55 heavy (non-hydrogen) atoms. The van der Waals surface area contributed by atoms with Gasteiger partial charge in [0.25, 0.3) is 0 Å². The van der Waals surface area contributed by atoms with Crippen molar-refractivity contribution in [3.63, 3.8) is 0 Å². The van der Waals surface area contributed by atoms with E-state index in [0.717, 1.165) is 39.0 Å². The maximum atomic E-state index is 6.52. The van der Waals surface area contributed by atoms with Gasteiger partial charge in [0.2, 0.25) is 0 Å². The van der Waals surface area contributed by atoms with E-state index in [2.05, 4.69) is 169 Å². The SMILES string of the molecule is c1cc(-c2cccc3sc4ccccc4c23)cc(N(c2ccc3c(c2)oc2ccccc23)c2ccccc2-c2cccc3cccc(C4CCCCC4)c23)c1. The van der Waals surface area contributed by atoms with E-state index in [1.807, 2.05) is 17.4 Å². The zero-order valence-corrected chi connectivity index (χ0v) is 31.4. The summed E-state index contributed by atoms with van der Waals surface area (Å²) < 4.78 is 9.15. The van der Waals surface area contributed by atoms with Gasteiger partial charge in [0.15, 0.2) is 0 Å². The Balaban J connectivity index is 1.15. The number of furan rings is 1. The number of benzene rings is 8. The van der Waals surface area contributed by atoms with Crippen molar-refractivity contribution in [3.05, 3.63) is 175 Å². The Hall–Kier alpha value is -6.16. The summed E-state index contributed by atoms with van der Waals surface area (Å²) in [5.41, 5.74) is 11.5. The Morgan fingerprint density at radius 1 is 0.473 bits per heavy atom. The highest BCUT2D eigenvalue weighted by molar-refractivity contribution is 7.25. The second-order valence-corrected chi connectivity index (χ2v) is 16.1. The zero-order valence-electron chi connectivity index (χ0n) is 30.5. The van der Waals surface area contributed by atoms with Crippen molar-refractivity contribution in [1.29, 1.82) is 0 Å². The van der Waals surface area contributed by atoms with Crippen molar-refractivity contribution < 1.29 is 4.42 Å². The molecular weight excluding hydrogens is 687 g/mol. The Labute approximate surface area is 324 Å². The molecule has 0 spiro atoms. The van der Waals surface area contributed by atoms with Crippen molar-refractivity contribution in [1.82, 2.24) is 0 Å². The smallest absolute Gasteiger partial charge is 0.137 e. The summed E-state index contributed by atoms with van der Waals surface area (Å²) in [7, 11) is 0. The third-order valence-electron chi connectivity index (χ3n) is 11.9. The summed E-state index contributed by atoms with van der Waals surface area (Å²) in [5, 5.41) is 7.60. The predicted molar refractivity (Wildman–Crippen MR) is 235 cm³/mol. The van der Waals surface area contributed by atoms with E-state index in [1.165, 1.54) is 90.9 Å². The summed E-state index contributed by atoms with van der Waals surface area (Å²) >= 11 is 1.87. The molecule has 0 atom stereocenters. The number of fused-ring (bicyclic) bond motifs is 7. The second kappa shape index (κ2) is 13.3. The molecule has 0 saturated heterocycles. The van der Waals surface area contributed by atoms with Gasteiger partial charge in [0.05, 0.1) is 5.69 Å². The van der Waals surface area contributed by atoms with Gasteiger partial charge in [-0.1, -0.05) is 135 Å². The molecule has 0 amide bonds. The highest BCUT2D eigenvalue weighted by Crippen LogP contribution is 2.48. The fourth-order valence-electron chi connectivity index (χ4n) is 9.35. The third-order valence-corrected chi connectivity index (χ3v) is 13.0. The molecule has 0 aliphatic heterocycles. The standard InChI is InChI=1S/C52H39NOS/c1-2-14-34(15-3-1)39-23-11-16-35-17-12-25-44(51(35)39)41-20-4-7-26-46(41)53(38-30-31-43-42-21-5-8-27-47(42)54-48(43)33-38)37-19-10-18-36(32-37)40-24-13-29-50-52(40)45-22-6-9-28-49(45)55-50/h4-13,16-34H,1-3,14-15H2. The van der Waals surface area contributed by atoms with Crippen LogP contribution < -0.4 is 4.90 Å². The number of hydrogen-bond acceptors (Lipinski definition) is 3. The van der Waals surface area contributed by atoms with Crippen molar-refractivity contribution in [2.24, 2.45) is 0 Å². The van der Waals surface area contributed by atoms with Gasteiger partial charge < -0.3 is 9.32 Å². The van der Waals surface area contributed by atoms with Crippen molar-refractivity contribution >= 4 is 81.3 Å². The van der Waals surface area contributed by atoms with Crippen molar-refractivity contribution in [2.75, 3.05) is 4.90 Å². The molecule has 0 unspecified atom stereocenters.